The Kier molecular flexibility index (Phi) is 4.47. The van der Waals surface area contributed by atoms with Crippen LogP contribution in [0.25, 0.3) is 11.5 Å². The minimum absolute atomic E-state index is 0.314. The molecule has 0 spiro atoms. The normalized spacial score (nSPS) is 18.0. The molecule has 6 heteroatoms. The summed E-state index contributed by atoms with van der Waals surface area (Å²) in [4.78, 5) is 0. The molecule has 1 fully saturated rings. The van der Waals surface area contributed by atoms with E-state index in [2.05, 4.69) is 15.5 Å². The number of nitrogens with zero attached hydrogens (tertiary/aromatic N) is 2. The van der Waals surface area contributed by atoms with E-state index in [-0.39, 0.29) is 0 Å². The van der Waals surface area contributed by atoms with Gasteiger partial charge in [0.05, 0.1) is 19.8 Å². The van der Waals surface area contributed by atoms with Crippen molar-refractivity contribution in [2.75, 3.05) is 20.3 Å². The first-order chi connectivity index (χ1) is 10.3. The molecular weight excluding hydrogens is 270 g/mol. The average molecular weight is 289 g/mol. The molecule has 1 saturated heterocycles. The van der Waals surface area contributed by atoms with Gasteiger partial charge in [0.2, 0.25) is 11.8 Å². The molecule has 112 valence electrons. The molecule has 0 saturated carbocycles. The Hall–Kier alpha value is -1.92. The molecule has 1 aliphatic rings. The molecular formula is C15H19N3O3. The van der Waals surface area contributed by atoms with Crippen LogP contribution in [0.3, 0.4) is 0 Å². The second-order valence-corrected chi connectivity index (χ2v) is 5.00. The fourth-order valence-corrected chi connectivity index (χ4v) is 2.32. The Bertz CT molecular complexity index is 562. The summed E-state index contributed by atoms with van der Waals surface area (Å²) in [5.41, 5.74) is 0.883. The van der Waals surface area contributed by atoms with E-state index in [1.54, 1.807) is 7.11 Å². The molecule has 3 rings (SSSR count). The van der Waals surface area contributed by atoms with E-state index in [1.165, 1.54) is 0 Å². The Morgan fingerprint density at radius 2 is 2.14 bits per heavy atom. The van der Waals surface area contributed by atoms with Crippen molar-refractivity contribution in [1.29, 1.82) is 0 Å². The van der Waals surface area contributed by atoms with Crippen LogP contribution in [0.1, 0.15) is 18.7 Å². The lowest BCUT2D eigenvalue weighted by atomic mass is 10.2. The van der Waals surface area contributed by atoms with Crippen LogP contribution in [-0.2, 0) is 11.3 Å². The molecule has 2 heterocycles. The van der Waals surface area contributed by atoms with Gasteiger partial charge in [-0.3, -0.25) is 0 Å². The van der Waals surface area contributed by atoms with Crippen LogP contribution < -0.4 is 10.1 Å². The fraction of sp³-hybridized carbons (Fsp3) is 0.467. The zero-order valence-electron chi connectivity index (χ0n) is 12.0. The number of benzene rings is 1. The third kappa shape index (κ3) is 3.59. The Labute approximate surface area is 123 Å². The summed E-state index contributed by atoms with van der Waals surface area (Å²) < 4.78 is 16.3. The number of aromatic nitrogens is 2. The summed E-state index contributed by atoms with van der Waals surface area (Å²) in [5, 5.41) is 11.4. The van der Waals surface area contributed by atoms with Crippen molar-refractivity contribution >= 4 is 0 Å². The zero-order chi connectivity index (χ0) is 14.5. The minimum Gasteiger partial charge on any atom is -0.497 e. The van der Waals surface area contributed by atoms with Gasteiger partial charge in [-0.2, -0.15) is 0 Å². The zero-order valence-corrected chi connectivity index (χ0v) is 12.0. The summed E-state index contributed by atoms with van der Waals surface area (Å²) in [5.74, 6) is 1.90. The molecule has 21 heavy (non-hydrogen) atoms. The molecule has 1 atom stereocenters. The standard InChI is InChI=1S/C15H19N3O3/c1-19-12-6-4-11(5-7-12)15-18-17-14(21-15)10-16-9-13-3-2-8-20-13/h4-7,13,16H,2-3,8-10H2,1H3. The highest BCUT2D eigenvalue weighted by Crippen LogP contribution is 2.21. The molecule has 0 amide bonds. The van der Waals surface area contributed by atoms with Crippen LogP contribution in [0.5, 0.6) is 5.75 Å². The Balaban J connectivity index is 1.54. The first-order valence-electron chi connectivity index (χ1n) is 7.14. The molecule has 1 aromatic carbocycles. The maximum atomic E-state index is 5.64. The van der Waals surface area contributed by atoms with Crippen LogP contribution in [0.2, 0.25) is 0 Å². The second kappa shape index (κ2) is 6.69. The van der Waals surface area contributed by atoms with Gasteiger partial charge in [-0.1, -0.05) is 0 Å². The van der Waals surface area contributed by atoms with Gasteiger partial charge >= 0.3 is 0 Å². The predicted molar refractivity (Wildman–Crippen MR) is 77.0 cm³/mol. The van der Waals surface area contributed by atoms with Crippen LogP contribution >= 0.6 is 0 Å². The lowest BCUT2D eigenvalue weighted by Gasteiger charge is -2.08. The van der Waals surface area contributed by atoms with Crippen molar-refractivity contribution in [2.24, 2.45) is 0 Å². The fourth-order valence-electron chi connectivity index (χ4n) is 2.32. The molecule has 1 aromatic heterocycles. The van der Waals surface area contributed by atoms with E-state index in [0.717, 1.165) is 37.3 Å². The Morgan fingerprint density at radius 1 is 1.29 bits per heavy atom. The monoisotopic (exact) mass is 289 g/mol. The highest BCUT2D eigenvalue weighted by molar-refractivity contribution is 5.53. The number of ether oxygens (including phenoxy) is 2. The van der Waals surface area contributed by atoms with Crippen molar-refractivity contribution in [1.82, 2.24) is 15.5 Å². The van der Waals surface area contributed by atoms with Gasteiger partial charge in [0.1, 0.15) is 5.75 Å². The SMILES string of the molecule is COc1ccc(-c2nnc(CNCC3CCCO3)o2)cc1. The van der Waals surface area contributed by atoms with E-state index in [0.29, 0.717) is 24.4 Å². The van der Waals surface area contributed by atoms with Gasteiger partial charge < -0.3 is 19.2 Å². The van der Waals surface area contributed by atoms with Crippen molar-refractivity contribution in [3.8, 4) is 17.2 Å². The second-order valence-electron chi connectivity index (χ2n) is 5.00. The quantitative estimate of drug-likeness (QED) is 0.877. The van der Waals surface area contributed by atoms with Crippen molar-refractivity contribution in [3.63, 3.8) is 0 Å². The van der Waals surface area contributed by atoms with Gasteiger partial charge in [0, 0.05) is 18.7 Å². The maximum absolute atomic E-state index is 5.64. The van der Waals surface area contributed by atoms with Crippen LogP contribution in [-0.4, -0.2) is 36.6 Å². The van der Waals surface area contributed by atoms with E-state index < -0.39 is 0 Å². The number of hydrogen-bond donors (Lipinski definition) is 1. The number of nitrogens with one attached hydrogen (secondary N) is 1. The summed E-state index contributed by atoms with van der Waals surface area (Å²) in [6.45, 7) is 2.25. The van der Waals surface area contributed by atoms with Crippen LogP contribution in [0.4, 0.5) is 0 Å². The maximum Gasteiger partial charge on any atom is 0.247 e. The topological polar surface area (TPSA) is 69.4 Å². The smallest absolute Gasteiger partial charge is 0.247 e. The molecule has 2 aromatic rings. The summed E-state index contributed by atoms with van der Waals surface area (Å²) in [6, 6.07) is 7.54. The van der Waals surface area contributed by atoms with Crippen LogP contribution in [0, 0.1) is 0 Å². The molecule has 0 radical (unpaired) electrons. The van der Waals surface area contributed by atoms with Gasteiger partial charge in [0.15, 0.2) is 0 Å². The first-order valence-corrected chi connectivity index (χ1v) is 7.14. The molecule has 1 unspecified atom stereocenters. The van der Waals surface area contributed by atoms with Gasteiger partial charge in [-0.15, -0.1) is 10.2 Å². The predicted octanol–water partition coefficient (Wildman–Crippen LogP) is 2.01. The third-order valence-corrected chi connectivity index (χ3v) is 3.48. The van der Waals surface area contributed by atoms with Gasteiger partial charge in [-0.05, 0) is 37.1 Å². The van der Waals surface area contributed by atoms with E-state index in [9.17, 15) is 0 Å². The molecule has 1 N–H and O–H groups in total. The number of methoxy groups -OCH3 is 1. The molecule has 0 bridgehead atoms. The van der Waals surface area contributed by atoms with Gasteiger partial charge in [-0.25, -0.2) is 0 Å². The highest BCUT2D eigenvalue weighted by Gasteiger charge is 2.15. The Morgan fingerprint density at radius 3 is 2.86 bits per heavy atom. The summed E-state index contributed by atoms with van der Waals surface area (Å²) in [6.07, 6.45) is 2.58. The summed E-state index contributed by atoms with van der Waals surface area (Å²) >= 11 is 0. The molecule has 1 aliphatic heterocycles. The van der Waals surface area contributed by atoms with Crippen molar-refractivity contribution in [3.05, 3.63) is 30.2 Å². The number of hydrogen-bond acceptors (Lipinski definition) is 6. The van der Waals surface area contributed by atoms with Crippen LogP contribution in [0.15, 0.2) is 28.7 Å². The molecule has 0 aliphatic carbocycles. The van der Waals surface area contributed by atoms with Gasteiger partial charge in [0.25, 0.3) is 0 Å². The lowest BCUT2D eigenvalue weighted by Crippen LogP contribution is -2.25. The van der Waals surface area contributed by atoms with E-state index in [1.807, 2.05) is 24.3 Å². The van der Waals surface area contributed by atoms with E-state index in [4.69, 9.17) is 13.9 Å². The number of rotatable bonds is 6. The van der Waals surface area contributed by atoms with Crippen molar-refractivity contribution in [2.45, 2.75) is 25.5 Å². The van der Waals surface area contributed by atoms with Crippen molar-refractivity contribution < 1.29 is 13.9 Å². The average Bonchev–Trinajstić information content (AvgIpc) is 3.19. The highest BCUT2D eigenvalue weighted by atomic mass is 16.5. The van der Waals surface area contributed by atoms with E-state index >= 15 is 0 Å². The third-order valence-electron chi connectivity index (χ3n) is 3.48. The summed E-state index contributed by atoms with van der Waals surface area (Å²) in [7, 11) is 1.64. The minimum atomic E-state index is 0.314. The largest absolute Gasteiger partial charge is 0.497 e. The first kappa shape index (κ1) is 14.0. The lowest BCUT2D eigenvalue weighted by molar-refractivity contribution is 0.109. The molecule has 6 nitrogen and oxygen atoms in total.